The van der Waals surface area contributed by atoms with Gasteiger partial charge in [0, 0.05) is 12.3 Å². The van der Waals surface area contributed by atoms with Crippen molar-refractivity contribution in [3.05, 3.63) is 47.1 Å². The highest BCUT2D eigenvalue weighted by Crippen LogP contribution is 2.14. The van der Waals surface area contributed by atoms with Crippen LogP contribution in [0.15, 0.2) is 52.1 Å². The van der Waals surface area contributed by atoms with Crippen LogP contribution < -0.4 is 0 Å². The largest absolute Gasteiger partial charge is 0.290 e. The van der Waals surface area contributed by atoms with Crippen molar-refractivity contribution in [1.82, 2.24) is 0 Å². The van der Waals surface area contributed by atoms with Crippen molar-refractivity contribution < 1.29 is 0 Å². The lowest BCUT2D eigenvalue weighted by molar-refractivity contribution is 0.841. The van der Waals surface area contributed by atoms with Crippen molar-refractivity contribution in [2.75, 3.05) is 0 Å². The highest BCUT2D eigenvalue weighted by molar-refractivity contribution is 5.74. The van der Waals surface area contributed by atoms with Gasteiger partial charge in [-0.1, -0.05) is 43.2 Å². The second-order valence-corrected chi connectivity index (χ2v) is 4.93. The molecule has 0 aliphatic rings. The summed E-state index contributed by atoms with van der Waals surface area (Å²) in [6.07, 6.45) is 15.1. The first-order valence-corrected chi connectivity index (χ1v) is 7.25. The molecule has 19 heavy (non-hydrogen) atoms. The van der Waals surface area contributed by atoms with Gasteiger partial charge in [-0.3, -0.25) is 4.99 Å². The molecule has 0 rings (SSSR count). The number of hydrogen-bond acceptors (Lipinski definition) is 1. The number of nitrogens with zero attached hydrogens (tertiary/aromatic N) is 1. The quantitative estimate of drug-likeness (QED) is 0.413. The van der Waals surface area contributed by atoms with Gasteiger partial charge in [-0.15, -0.1) is 0 Å². The molecule has 0 aliphatic heterocycles. The van der Waals surface area contributed by atoms with E-state index < -0.39 is 0 Å². The van der Waals surface area contributed by atoms with E-state index in [1.54, 1.807) is 0 Å². The molecule has 1 nitrogen and oxygen atoms in total. The van der Waals surface area contributed by atoms with Gasteiger partial charge in [0.1, 0.15) is 0 Å². The van der Waals surface area contributed by atoms with Gasteiger partial charge in [-0.05, 0) is 58.3 Å². The summed E-state index contributed by atoms with van der Waals surface area (Å²) >= 11 is 0. The van der Waals surface area contributed by atoms with E-state index in [4.69, 9.17) is 0 Å². The molecule has 0 aromatic rings. The lowest BCUT2D eigenvalue weighted by Gasteiger charge is -2.03. The first-order valence-electron chi connectivity index (χ1n) is 7.25. The van der Waals surface area contributed by atoms with Gasteiger partial charge >= 0.3 is 0 Å². The summed E-state index contributed by atoms with van der Waals surface area (Å²) in [7, 11) is 0. The first kappa shape index (κ1) is 17.6. The molecular formula is C18H29N. The number of aliphatic imine (C=N–C) groups is 1. The fourth-order valence-corrected chi connectivity index (χ4v) is 1.69. The van der Waals surface area contributed by atoms with Crippen molar-refractivity contribution in [2.45, 2.75) is 60.4 Å². The lowest BCUT2D eigenvalue weighted by Crippen LogP contribution is -1.88. The van der Waals surface area contributed by atoms with E-state index in [9.17, 15) is 0 Å². The molecular weight excluding hydrogens is 230 g/mol. The van der Waals surface area contributed by atoms with Crippen molar-refractivity contribution in [3.63, 3.8) is 0 Å². The minimum Gasteiger partial charge on any atom is -0.290 e. The molecule has 0 atom stereocenters. The van der Waals surface area contributed by atoms with E-state index in [0.717, 1.165) is 6.42 Å². The summed E-state index contributed by atoms with van der Waals surface area (Å²) in [4.78, 5) is 4.36. The van der Waals surface area contributed by atoms with Gasteiger partial charge < -0.3 is 0 Å². The summed E-state index contributed by atoms with van der Waals surface area (Å²) in [5.74, 6) is 0. The molecule has 0 spiro atoms. The van der Waals surface area contributed by atoms with Crippen LogP contribution in [0.5, 0.6) is 0 Å². The van der Waals surface area contributed by atoms with Crippen LogP contribution in [0.25, 0.3) is 0 Å². The Kier molecular flexibility index (Phi) is 9.78. The Morgan fingerprint density at radius 1 is 1.11 bits per heavy atom. The van der Waals surface area contributed by atoms with E-state index in [0.29, 0.717) is 6.04 Å². The summed E-state index contributed by atoms with van der Waals surface area (Å²) in [5, 5.41) is 0. The molecule has 0 aromatic heterocycles. The maximum atomic E-state index is 4.36. The Morgan fingerprint density at radius 2 is 1.79 bits per heavy atom. The molecule has 0 aliphatic carbocycles. The van der Waals surface area contributed by atoms with Crippen LogP contribution in [0.3, 0.4) is 0 Å². The molecule has 0 heterocycles. The third kappa shape index (κ3) is 8.36. The third-order valence-corrected chi connectivity index (χ3v) is 2.86. The van der Waals surface area contributed by atoms with Crippen LogP contribution in [-0.4, -0.2) is 12.3 Å². The minimum absolute atomic E-state index is 0.354. The smallest absolute Gasteiger partial charge is 0.0443 e. The Balaban J connectivity index is 4.81. The van der Waals surface area contributed by atoms with Crippen molar-refractivity contribution in [3.8, 4) is 0 Å². The van der Waals surface area contributed by atoms with Crippen LogP contribution in [0.4, 0.5) is 0 Å². The van der Waals surface area contributed by atoms with Gasteiger partial charge in [0.2, 0.25) is 0 Å². The number of allylic oxidation sites excluding steroid dienone is 8. The second-order valence-electron chi connectivity index (χ2n) is 4.93. The van der Waals surface area contributed by atoms with E-state index in [1.165, 1.54) is 23.1 Å². The Bertz CT molecular complexity index is 390. The molecule has 0 aromatic carbocycles. The molecule has 0 amide bonds. The Labute approximate surface area is 119 Å². The molecule has 0 bridgehead atoms. The maximum absolute atomic E-state index is 4.36. The molecule has 106 valence electrons. The van der Waals surface area contributed by atoms with Gasteiger partial charge in [0.25, 0.3) is 0 Å². The number of rotatable bonds is 7. The van der Waals surface area contributed by atoms with Gasteiger partial charge in [-0.25, -0.2) is 0 Å². The fraction of sp³-hybridized carbons (Fsp3) is 0.500. The minimum atomic E-state index is 0.354. The average Bonchev–Trinajstić information content (AvgIpc) is 2.37. The summed E-state index contributed by atoms with van der Waals surface area (Å²) in [6, 6.07) is 0.354. The summed E-state index contributed by atoms with van der Waals surface area (Å²) in [5.41, 5.74) is 3.89. The second kappa shape index (κ2) is 10.5. The normalized spacial score (nSPS) is 15.2. The predicted octanol–water partition coefficient (Wildman–Crippen LogP) is 5.66. The van der Waals surface area contributed by atoms with Crippen LogP contribution in [0, 0.1) is 0 Å². The van der Waals surface area contributed by atoms with Crippen LogP contribution in [0.1, 0.15) is 54.4 Å². The molecule has 1 heteroatoms. The molecule has 0 saturated carbocycles. The maximum Gasteiger partial charge on any atom is 0.0443 e. The van der Waals surface area contributed by atoms with Crippen LogP contribution in [-0.2, 0) is 0 Å². The standard InChI is InChI=1S/C18H29N/c1-7-10-17(8-2)11-12-18(9-3)16(6)13-14-19-15(4)5/h8-9,11-15H,7,10H2,1-6H3/b12-11-,16-13+,17-8-,18-9+,19-14-. The van der Waals surface area contributed by atoms with E-state index in [-0.39, 0.29) is 0 Å². The predicted molar refractivity (Wildman–Crippen MR) is 88.9 cm³/mol. The van der Waals surface area contributed by atoms with Gasteiger partial charge in [0.15, 0.2) is 0 Å². The monoisotopic (exact) mass is 259 g/mol. The zero-order valence-corrected chi connectivity index (χ0v) is 13.4. The topological polar surface area (TPSA) is 12.4 Å². The fourth-order valence-electron chi connectivity index (χ4n) is 1.69. The molecule has 0 unspecified atom stereocenters. The van der Waals surface area contributed by atoms with E-state index in [1.807, 2.05) is 6.21 Å². The third-order valence-electron chi connectivity index (χ3n) is 2.86. The Morgan fingerprint density at radius 3 is 2.26 bits per heavy atom. The SMILES string of the molecule is C\C=C(/C=C\C(=C/C)C(\C)=C\C=N/C(C)C)CCC. The number of hydrogen-bond donors (Lipinski definition) is 0. The van der Waals surface area contributed by atoms with Crippen LogP contribution in [0.2, 0.25) is 0 Å². The van der Waals surface area contributed by atoms with E-state index >= 15 is 0 Å². The summed E-state index contributed by atoms with van der Waals surface area (Å²) in [6.45, 7) is 12.7. The van der Waals surface area contributed by atoms with Crippen molar-refractivity contribution in [2.24, 2.45) is 4.99 Å². The highest BCUT2D eigenvalue weighted by atomic mass is 14.7. The van der Waals surface area contributed by atoms with Crippen molar-refractivity contribution >= 4 is 6.21 Å². The van der Waals surface area contributed by atoms with Gasteiger partial charge in [-0.2, -0.15) is 0 Å². The molecule has 0 fully saturated rings. The van der Waals surface area contributed by atoms with E-state index in [2.05, 4.69) is 76.9 Å². The Hall–Kier alpha value is -1.37. The summed E-state index contributed by atoms with van der Waals surface area (Å²) < 4.78 is 0. The van der Waals surface area contributed by atoms with Crippen molar-refractivity contribution in [1.29, 1.82) is 0 Å². The first-order chi connectivity index (χ1) is 9.04. The molecule has 0 radical (unpaired) electrons. The average molecular weight is 259 g/mol. The van der Waals surface area contributed by atoms with Crippen LogP contribution >= 0.6 is 0 Å². The zero-order valence-electron chi connectivity index (χ0n) is 13.4. The van der Waals surface area contributed by atoms with Gasteiger partial charge in [0.05, 0.1) is 0 Å². The lowest BCUT2D eigenvalue weighted by atomic mass is 10.0. The zero-order chi connectivity index (χ0) is 14.7. The highest BCUT2D eigenvalue weighted by Gasteiger charge is 1.95. The molecule has 0 saturated heterocycles. The molecule has 0 N–H and O–H groups in total.